The van der Waals surface area contributed by atoms with Crippen molar-refractivity contribution in [3.63, 3.8) is 0 Å². The molecule has 1 unspecified atom stereocenters. The molecular formula is C21H22ClN5O2. The molecule has 0 saturated heterocycles. The zero-order chi connectivity index (χ0) is 20.6. The second-order valence-electron chi connectivity index (χ2n) is 6.60. The van der Waals surface area contributed by atoms with Crippen LogP contribution in [0.25, 0.3) is 0 Å². The van der Waals surface area contributed by atoms with Crippen molar-refractivity contribution in [2.24, 2.45) is 5.73 Å². The van der Waals surface area contributed by atoms with E-state index in [1.165, 1.54) is 0 Å². The molecule has 7 nitrogen and oxygen atoms in total. The van der Waals surface area contributed by atoms with Crippen LogP contribution in [0, 0.1) is 0 Å². The number of amides is 3. The second-order valence-corrected chi connectivity index (χ2v) is 7.03. The van der Waals surface area contributed by atoms with Gasteiger partial charge in [-0.15, -0.1) is 0 Å². The molecule has 3 amide bonds. The Kier molecular flexibility index (Phi) is 6.86. The van der Waals surface area contributed by atoms with Crippen molar-refractivity contribution in [2.45, 2.75) is 25.6 Å². The average molecular weight is 412 g/mol. The molecule has 0 saturated carbocycles. The van der Waals surface area contributed by atoms with Crippen LogP contribution in [-0.4, -0.2) is 21.5 Å². The van der Waals surface area contributed by atoms with Crippen LogP contribution in [0.5, 0.6) is 0 Å². The molecule has 1 aromatic heterocycles. The van der Waals surface area contributed by atoms with Crippen LogP contribution in [-0.2, 0) is 17.9 Å². The highest BCUT2D eigenvalue weighted by Crippen LogP contribution is 2.19. The van der Waals surface area contributed by atoms with Gasteiger partial charge in [-0.05, 0) is 28.8 Å². The van der Waals surface area contributed by atoms with E-state index in [1.807, 2.05) is 35.0 Å². The van der Waals surface area contributed by atoms with Gasteiger partial charge in [0.25, 0.3) is 0 Å². The van der Waals surface area contributed by atoms with E-state index in [2.05, 4.69) is 15.6 Å². The fourth-order valence-electron chi connectivity index (χ4n) is 3.03. The highest BCUT2D eigenvalue weighted by Gasteiger charge is 2.17. The molecule has 4 N–H and O–H groups in total. The molecule has 0 aliphatic carbocycles. The van der Waals surface area contributed by atoms with Gasteiger partial charge < -0.3 is 20.9 Å². The summed E-state index contributed by atoms with van der Waals surface area (Å²) >= 11 is 5.91. The molecule has 0 spiro atoms. The lowest BCUT2D eigenvalue weighted by molar-refractivity contribution is -0.121. The predicted molar refractivity (Wildman–Crippen MR) is 111 cm³/mol. The standard InChI is InChI=1S/C21H22ClN5O2/c22-18-7-5-15(6-8-18)19(26-21(23)29)11-20(28)25-12-16-3-1-2-4-17(16)13-27-10-9-24-14-27/h1-10,14,19H,11-13H2,(H,25,28)(H3,23,26,29). The van der Waals surface area contributed by atoms with E-state index < -0.39 is 12.1 Å². The van der Waals surface area contributed by atoms with Gasteiger partial charge in [0.2, 0.25) is 5.91 Å². The molecule has 3 rings (SSSR count). The molecule has 150 valence electrons. The van der Waals surface area contributed by atoms with Crippen LogP contribution in [0.4, 0.5) is 4.79 Å². The number of aromatic nitrogens is 2. The van der Waals surface area contributed by atoms with Crippen LogP contribution < -0.4 is 16.4 Å². The smallest absolute Gasteiger partial charge is 0.312 e. The number of imidazole rings is 1. The first-order chi connectivity index (χ1) is 14.0. The zero-order valence-electron chi connectivity index (χ0n) is 15.7. The second kappa shape index (κ2) is 9.75. The van der Waals surface area contributed by atoms with Crippen molar-refractivity contribution >= 4 is 23.5 Å². The number of carbonyl (C=O) groups excluding carboxylic acids is 2. The average Bonchev–Trinajstić information content (AvgIpc) is 3.20. The number of halogens is 1. The van der Waals surface area contributed by atoms with E-state index in [1.54, 1.807) is 36.8 Å². The van der Waals surface area contributed by atoms with Gasteiger partial charge in [-0.25, -0.2) is 9.78 Å². The molecule has 0 aliphatic heterocycles. The van der Waals surface area contributed by atoms with E-state index in [0.717, 1.165) is 16.7 Å². The van der Waals surface area contributed by atoms with Gasteiger partial charge >= 0.3 is 6.03 Å². The van der Waals surface area contributed by atoms with E-state index in [0.29, 0.717) is 18.1 Å². The van der Waals surface area contributed by atoms with Crippen molar-refractivity contribution in [3.8, 4) is 0 Å². The monoisotopic (exact) mass is 411 g/mol. The van der Waals surface area contributed by atoms with Crippen molar-refractivity contribution in [1.82, 2.24) is 20.2 Å². The van der Waals surface area contributed by atoms with Gasteiger partial charge in [0.05, 0.1) is 18.8 Å². The van der Waals surface area contributed by atoms with E-state index >= 15 is 0 Å². The fourth-order valence-corrected chi connectivity index (χ4v) is 3.16. The number of primary amides is 1. The minimum Gasteiger partial charge on any atom is -0.352 e. The van der Waals surface area contributed by atoms with Gasteiger partial charge in [-0.3, -0.25) is 4.79 Å². The van der Waals surface area contributed by atoms with Crippen LogP contribution >= 0.6 is 11.6 Å². The van der Waals surface area contributed by atoms with Gasteiger partial charge in [-0.2, -0.15) is 0 Å². The normalized spacial score (nSPS) is 11.6. The van der Waals surface area contributed by atoms with Crippen molar-refractivity contribution < 1.29 is 9.59 Å². The quantitative estimate of drug-likeness (QED) is 0.531. The third-order valence-electron chi connectivity index (χ3n) is 4.48. The maximum absolute atomic E-state index is 12.5. The lowest BCUT2D eigenvalue weighted by Crippen LogP contribution is -2.36. The minimum atomic E-state index is -0.691. The maximum atomic E-state index is 12.5. The third-order valence-corrected chi connectivity index (χ3v) is 4.74. The van der Waals surface area contributed by atoms with Gasteiger partial charge in [0.15, 0.2) is 0 Å². The summed E-state index contributed by atoms with van der Waals surface area (Å²) in [4.78, 5) is 27.9. The topological polar surface area (TPSA) is 102 Å². The number of nitrogens with two attached hydrogens (primary N) is 1. The molecule has 0 bridgehead atoms. The Morgan fingerprint density at radius 3 is 2.48 bits per heavy atom. The highest BCUT2D eigenvalue weighted by molar-refractivity contribution is 6.30. The molecule has 29 heavy (non-hydrogen) atoms. The van der Waals surface area contributed by atoms with Gasteiger partial charge in [0.1, 0.15) is 0 Å². The Balaban J connectivity index is 1.63. The molecule has 0 aliphatic rings. The van der Waals surface area contributed by atoms with Crippen LogP contribution in [0.2, 0.25) is 5.02 Å². The number of rotatable bonds is 8. The van der Waals surface area contributed by atoms with Crippen molar-refractivity contribution in [2.75, 3.05) is 0 Å². The summed E-state index contributed by atoms with van der Waals surface area (Å²) in [7, 11) is 0. The molecule has 8 heteroatoms. The lowest BCUT2D eigenvalue weighted by atomic mass is 10.0. The minimum absolute atomic E-state index is 0.0637. The predicted octanol–water partition coefficient (Wildman–Crippen LogP) is 3.00. The van der Waals surface area contributed by atoms with Crippen LogP contribution in [0.3, 0.4) is 0 Å². The Morgan fingerprint density at radius 1 is 1.10 bits per heavy atom. The maximum Gasteiger partial charge on any atom is 0.312 e. The first kappa shape index (κ1) is 20.4. The summed E-state index contributed by atoms with van der Waals surface area (Å²) in [6.45, 7) is 1.05. The Morgan fingerprint density at radius 2 is 1.83 bits per heavy atom. The molecular weight excluding hydrogens is 390 g/mol. The number of carbonyl (C=O) groups is 2. The molecule has 1 atom stereocenters. The van der Waals surface area contributed by atoms with Crippen LogP contribution in [0.1, 0.15) is 29.2 Å². The highest BCUT2D eigenvalue weighted by atomic mass is 35.5. The molecule has 3 aromatic rings. The number of urea groups is 1. The van der Waals surface area contributed by atoms with E-state index in [4.69, 9.17) is 17.3 Å². The molecule has 0 radical (unpaired) electrons. The number of hydrogen-bond acceptors (Lipinski definition) is 3. The summed E-state index contributed by atoms with van der Waals surface area (Å²) in [6, 6.07) is 13.6. The summed E-state index contributed by atoms with van der Waals surface area (Å²) < 4.78 is 1.97. The van der Waals surface area contributed by atoms with Crippen molar-refractivity contribution in [1.29, 1.82) is 0 Å². The zero-order valence-corrected chi connectivity index (χ0v) is 16.5. The Hall–Kier alpha value is -3.32. The SMILES string of the molecule is NC(=O)NC(CC(=O)NCc1ccccc1Cn1ccnc1)c1ccc(Cl)cc1. The largest absolute Gasteiger partial charge is 0.352 e. The number of hydrogen-bond donors (Lipinski definition) is 3. The van der Waals surface area contributed by atoms with E-state index in [-0.39, 0.29) is 12.3 Å². The molecule has 0 fully saturated rings. The summed E-state index contributed by atoms with van der Waals surface area (Å²) in [5.41, 5.74) is 8.13. The first-order valence-corrected chi connectivity index (χ1v) is 9.49. The number of benzene rings is 2. The number of nitrogens with one attached hydrogen (secondary N) is 2. The Bertz CT molecular complexity index is 957. The van der Waals surface area contributed by atoms with E-state index in [9.17, 15) is 9.59 Å². The van der Waals surface area contributed by atoms with Crippen LogP contribution in [0.15, 0.2) is 67.3 Å². The molecule has 2 aromatic carbocycles. The lowest BCUT2D eigenvalue weighted by Gasteiger charge is -2.18. The fraction of sp³-hybridized carbons (Fsp3) is 0.190. The summed E-state index contributed by atoms with van der Waals surface area (Å²) in [6.07, 6.45) is 5.43. The summed E-state index contributed by atoms with van der Waals surface area (Å²) in [5.74, 6) is -0.198. The Labute approximate surface area is 173 Å². The van der Waals surface area contributed by atoms with Gasteiger partial charge in [0, 0.05) is 30.5 Å². The summed E-state index contributed by atoms with van der Waals surface area (Å²) in [5, 5.41) is 6.11. The van der Waals surface area contributed by atoms with Gasteiger partial charge in [-0.1, -0.05) is 48.0 Å². The third kappa shape index (κ3) is 6.08. The first-order valence-electron chi connectivity index (χ1n) is 9.12. The van der Waals surface area contributed by atoms with Crippen molar-refractivity contribution in [3.05, 3.63) is 89.0 Å². The number of nitrogens with zero attached hydrogens (tertiary/aromatic N) is 2. The molecule has 1 heterocycles.